The second-order valence-electron chi connectivity index (χ2n) is 4.50. The Labute approximate surface area is 136 Å². The van der Waals surface area contributed by atoms with E-state index >= 15 is 0 Å². The molecule has 0 amide bonds. The molecule has 0 N–H and O–H groups in total. The topological polar surface area (TPSA) is 34.9 Å². The van der Waals surface area contributed by atoms with Crippen LogP contribution in [0.2, 0.25) is 10.0 Å². The summed E-state index contributed by atoms with van der Waals surface area (Å²) >= 11 is 18.0. The van der Waals surface area contributed by atoms with E-state index in [9.17, 15) is 4.79 Å². The average Bonchev–Trinajstić information content (AvgIpc) is 2.82. The third-order valence-corrected chi connectivity index (χ3v) is 4.10. The molecular weight excluding hydrogens is 331 g/mol. The molecule has 3 nitrogen and oxygen atoms in total. The third-order valence-electron chi connectivity index (χ3n) is 3.21. The van der Waals surface area contributed by atoms with E-state index in [1.165, 1.54) is 0 Å². The molecule has 6 heteroatoms. The number of fused-ring (bicyclic) bond motifs is 1. The minimum absolute atomic E-state index is 0.232. The van der Waals surface area contributed by atoms with Gasteiger partial charge >= 0.3 is 0 Å². The van der Waals surface area contributed by atoms with Gasteiger partial charge in [0, 0.05) is 21.0 Å². The molecule has 3 aromatic rings. The maximum absolute atomic E-state index is 11.5. The summed E-state index contributed by atoms with van der Waals surface area (Å²) in [7, 11) is 0. The normalized spacial score (nSPS) is 11.0. The fourth-order valence-electron chi connectivity index (χ4n) is 2.23. The van der Waals surface area contributed by atoms with Gasteiger partial charge in [0.1, 0.15) is 0 Å². The summed E-state index contributed by atoms with van der Waals surface area (Å²) in [6, 6.07) is 12.7. The van der Waals surface area contributed by atoms with Crippen LogP contribution in [-0.4, -0.2) is 15.0 Å². The largest absolute Gasteiger partial charge is 0.274 e. The molecule has 106 valence electrons. The highest BCUT2D eigenvalue weighted by Crippen LogP contribution is 2.27. The summed E-state index contributed by atoms with van der Waals surface area (Å²) in [6.07, 6.45) is 0. The molecule has 0 aliphatic carbocycles. The van der Waals surface area contributed by atoms with E-state index in [0.29, 0.717) is 22.0 Å². The predicted octanol–water partition coefficient (Wildman–Crippen LogP) is 4.77. The zero-order valence-electron chi connectivity index (χ0n) is 10.7. The Morgan fingerprint density at radius 2 is 1.71 bits per heavy atom. The molecule has 0 saturated heterocycles. The van der Waals surface area contributed by atoms with Crippen molar-refractivity contribution in [3.8, 4) is 0 Å². The lowest BCUT2D eigenvalue weighted by atomic mass is 10.2. The van der Waals surface area contributed by atoms with Crippen molar-refractivity contribution in [2.24, 2.45) is 0 Å². The highest BCUT2D eigenvalue weighted by atomic mass is 35.5. The fraction of sp³-hybridized carbons (Fsp3) is 0.0667. The Bertz CT molecular complexity index is 822. The van der Waals surface area contributed by atoms with Gasteiger partial charge < -0.3 is 0 Å². The summed E-state index contributed by atoms with van der Waals surface area (Å²) < 4.78 is 1.68. The number of hydrogen-bond donors (Lipinski definition) is 0. The summed E-state index contributed by atoms with van der Waals surface area (Å²) in [6.45, 7) is 0.364. The zero-order valence-corrected chi connectivity index (χ0v) is 13.0. The van der Waals surface area contributed by atoms with Gasteiger partial charge in [-0.25, -0.2) is 0 Å². The Morgan fingerprint density at radius 1 is 1.05 bits per heavy atom. The Morgan fingerprint density at radius 3 is 2.38 bits per heavy atom. The molecule has 0 fully saturated rings. The first-order chi connectivity index (χ1) is 10.1. The van der Waals surface area contributed by atoms with Crippen LogP contribution in [0.4, 0.5) is 0 Å². The number of rotatable bonds is 3. The number of halogens is 3. The van der Waals surface area contributed by atoms with E-state index < -0.39 is 5.24 Å². The number of aromatic nitrogens is 2. The second-order valence-corrected chi connectivity index (χ2v) is 5.66. The molecule has 0 spiro atoms. The summed E-state index contributed by atoms with van der Waals surface area (Å²) in [4.78, 5) is 11.5. The Kier molecular flexibility index (Phi) is 3.89. The van der Waals surface area contributed by atoms with Crippen molar-refractivity contribution < 1.29 is 4.79 Å². The SMILES string of the molecule is O=C(Cl)c1nn(Cc2c(Cl)cccc2Cl)c2ccccc12. The minimum atomic E-state index is -0.588. The number of carbonyl (C=O) groups excluding carboxylic acids is 1. The van der Waals surface area contributed by atoms with Gasteiger partial charge in [0.15, 0.2) is 5.69 Å². The van der Waals surface area contributed by atoms with E-state index in [2.05, 4.69) is 5.10 Å². The van der Waals surface area contributed by atoms with Crippen molar-refractivity contribution in [1.82, 2.24) is 9.78 Å². The molecular formula is C15H9Cl3N2O. The molecule has 2 aromatic carbocycles. The van der Waals surface area contributed by atoms with Crippen LogP contribution < -0.4 is 0 Å². The molecule has 0 atom stereocenters. The molecule has 0 unspecified atom stereocenters. The van der Waals surface area contributed by atoms with Crippen LogP contribution in [-0.2, 0) is 6.54 Å². The molecule has 0 aliphatic heterocycles. The van der Waals surface area contributed by atoms with Crippen LogP contribution in [0.3, 0.4) is 0 Å². The zero-order chi connectivity index (χ0) is 15.0. The van der Waals surface area contributed by atoms with Crippen LogP contribution in [0, 0.1) is 0 Å². The molecule has 3 rings (SSSR count). The quantitative estimate of drug-likeness (QED) is 0.644. The van der Waals surface area contributed by atoms with Crippen LogP contribution in [0.1, 0.15) is 16.1 Å². The summed E-state index contributed by atoms with van der Waals surface area (Å²) in [5.41, 5.74) is 1.79. The van der Waals surface area contributed by atoms with Crippen molar-refractivity contribution in [3.63, 3.8) is 0 Å². The molecule has 1 aromatic heterocycles. The van der Waals surface area contributed by atoms with Crippen LogP contribution >= 0.6 is 34.8 Å². The van der Waals surface area contributed by atoms with Crippen molar-refractivity contribution in [2.45, 2.75) is 6.54 Å². The van der Waals surface area contributed by atoms with Crippen LogP contribution in [0.15, 0.2) is 42.5 Å². The number of hydrogen-bond acceptors (Lipinski definition) is 2. The first-order valence-electron chi connectivity index (χ1n) is 6.16. The van der Waals surface area contributed by atoms with Gasteiger partial charge in [-0.05, 0) is 29.8 Å². The molecule has 0 bridgehead atoms. The highest BCUT2D eigenvalue weighted by molar-refractivity contribution is 6.68. The second kappa shape index (κ2) is 5.68. The molecule has 21 heavy (non-hydrogen) atoms. The maximum atomic E-state index is 11.5. The van der Waals surface area contributed by atoms with Crippen molar-refractivity contribution in [2.75, 3.05) is 0 Å². The van der Waals surface area contributed by atoms with Crippen molar-refractivity contribution in [3.05, 3.63) is 63.8 Å². The lowest BCUT2D eigenvalue weighted by Gasteiger charge is -2.08. The maximum Gasteiger partial charge on any atom is 0.273 e. The fourth-order valence-corrected chi connectivity index (χ4v) is 2.88. The number of nitrogens with zero attached hydrogens (tertiary/aromatic N) is 2. The van der Waals surface area contributed by atoms with Gasteiger partial charge in [-0.3, -0.25) is 9.48 Å². The van der Waals surface area contributed by atoms with Crippen molar-refractivity contribution >= 4 is 50.9 Å². The van der Waals surface area contributed by atoms with E-state index in [0.717, 1.165) is 11.1 Å². The smallest absolute Gasteiger partial charge is 0.273 e. The summed E-state index contributed by atoms with van der Waals surface area (Å²) in [5, 5.41) is 5.52. The average molecular weight is 340 g/mol. The highest BCUT2D eigenvalue weighted by Gasteiger charge is 2.16. The van der Waals surface area contributed by atoms with Gasteiger partial charge in [0.2, 0.25) is 0 Å². The minimum Gasteiger partial charge on any atom is -0.274 e. The summed E-state index contributed by atoms with van der Waals surface area (Å²) in [5.74, 6) is 0. The Balaban J connectivity index is 2.15. The lowest BCUT2D eigenvalue weighted by molar-refractivity contribution is 0.107. The number of para-hydroxylation sites is 1. The van der Waals surface area contributed by atoms with E-state index in [4.69, 9.17) is 34.8 Å². The van der Waals surface area contributed by atoms with E-state index in [1.807, 2.05) is 24.3 Å². The molecule has 0 aliphatic rings. The van der Waals surface area contributed by atoms with Gasteiger partial charge in [0.25, 0.3) is 5.24 Å². The molecule has 0 radical (unpaired) electrons. The van der Waals surface area contributed by atoms with E-state index in [1.54, 1.807) is 22.9 Å². The number of carbonyl (C=O) groups is 1. The van der Waals surface area contributed by atoms with Gasteiger partial charge in [-0.1, -0.05) is 47.5 Å². The van der Waals surface area contributed by atoms with Gasteiger partial charge in [-0.15, -0.1) is 0 Å². The first kappa shape index (κ1) is 14.4. The standard InChI is InChI=1S/C15H9Cl3N2O/c16-11-5-3-6-12(17)10(11)8-20-13-7-2-1-4-9(13)14(19-20)15(18)21/h1-7H,8H2. The third kappa shape index (κ3) is 2.64. The van der Waals surface area contributed by atoms with Gasteiger partial charge in [-0.2, -0.15) is 5.10 Å². The molecule has 1 heterocycles. The van der Waals surface area contributed by atoms with E-state index in [-0.39, 0.29) is 5.69 Å². The predicted molar refractivity (Wildman–Crippen MR) is 85.5 cm³/mol. The Hall–Kier alpha value is -1.55. The van der Waals surface area contributed by atoms with Crippen molar-refractivity contribution in [1.29, 1.82) is 0 Å². The first-order valence-corrected chi connectivity index (χ1v) is 7.29. The van der Waals surface area contributed by atoms with Gasteiger partial charge in [0.05, 0.1) is 12.1 Å². The lowest BCUT2D eigenvalue weighted by Crippen LogP contribution is -2.04. The monoisotopic (exact) mass is 338 g/mol. The number of benzene rings is 2. The van der Waals surface area contributed by atoms with Crippen LogP contribution in [0.25, 0.3) is 10.9 Å². The molecule has 0 saturated carbocycles. The van der Waals surface area contributed by atoms with Crippen LogP contribution in [0.5, 0.6) is 0 Å².